The van der Waals surface area contributed by atoms with E-state index in [4.69, 9.17) is 5.26 Å². The third-order valence-corrected chi connectivity index (χ3v) is 4.48. The van der Waals surface area contributed by atoms with E-state index in [0.29, 0.717) is 5.56 Å². The van der Waals surface area contributed by atoms with Gasteiger partial charge in [-0.2, -0.15) is 18.4 Å². The van der Waals surface area contributed by atoms with Gasteiger partial charge in [-0.15, -0.1) is 0 Å². The van der Waals surface area contributed by atoms with Crippen LogP contribution in [0.2, 0.25) is 0 Å². The minimum absolute atomic E-state index is 0.0479. The van der Waals surface area contributed by atoms with Gasteiger partial charge < -0.3 is 5.32 Å². The summed E-state index contributed by atoms with van der Waals surface area (Å²) in [5.74, 6) is -0.304. The fraction of sp³-hybridized carbons (Fsp3) is 0.462. The third kappa shape index (κ3) is 6.14. The molecule has 21 heavy (non-hydrogen) atoms. The van der Waals surface area contributed by atoms with Gasteiger partial charge in [0.25, 0.3) is 0 Å². The van der Waals surface area contributed by atoms with E-state index in [9.17, 15) is 21.6 Å². The molecule has 0 saturated carbocycles. The molecule has 0 spiro atoms. The summed E-state index contributed by atoms with van der Waals surface area (Å²) in [6.45, 7) is 1.28. The second kappa shape index (κ2) is 6.91. The van der Waals surface area contributed by atoms with Crippen LogP contribution in [-0.4, -0.2) is 32.9 Å². The van der Waals surface area contributed by atoms with E-state index in [1.54, 1.807) is 0 Å². The molecule has 1 aromatic carbocycles. The summed E-state index contributed by atoms with van der Waals surface area (Å²) in [5, 5.41) is 11.2. The van der Waals surface area contributed by atoms with Crippen molar-refractivity contribution in [2.45, 2.75) is 30.5 Å². The standard InChI is InChI=1S/C13H15F3N2O2S/c1-10(8-13(14,15)16)18-6-7-21(19,20)12-4-2-11(9-17)3-5-12/h2-5,10,18H,6-8H2,1H3. The van der Waals surface area contributed by atoms with Crippen molar-refractivity contribution in [2.75, 3.05) is 12.3 Å². The first-order valence-electron chi connectivity index (χ1n) is 6.17. The first kappa shape index (κ1) is 17.5. The van der Waals surface area contributed by atoms with Gasteiger partial charge in [0, 0.05) is 12.6 Å². The molecule has 0 fully saturated rings. The van der Waals surface area contributed by atoms with Crippen molar-refractivity contribution in [3.8, 4) is 6.07 Å². The molecule has 8 heteroatoms. The zero-order valence-electron chi connectivity index (χ0n) is 11.3. The summed E-state index contributed by atoms with van der Waals surface area (Å²) in [6, 6.07) is 6.41. The van der Waals surface area contributed by atoms with Crippen molar-refractivity contribution in [3.05, 3.63) is 29.8 Å². The number of hydrogen-bond donors (Lipinski definition) is 1. The van der Waals surface area contributed by atoms with E-state index >= 15 is 0 Å². The van der Waals surface area contributed by atoms with Gasteiger partial charge >= 0.3 is 6.18 Å². The van der Waals surface area contributed by atoms with Crippen LogP contribution < -0.4 is 5.32 Å². The lowest BCUT2D eigenvalue weighted by molar-refractivity contribution is -0.138. The van der Waals surface area contributed by atoms with Gasteiger partial charge in [-0.25, -0.2) is 8.42 Å². The molecule has 0 heterocycles. The van der Waals surface area contributed by atoms with Crippen LogP contribution in [0.4, 0.5) is 13.2 Å². The molecule has 0 bridgehead atoms. The Labute approximate surface area is 121 Å². The molecular weight excluding hydrogens is 305 g/mol. The maximum absolute atomic E-state index is 12.1. The summed E-state index contributed by atoms with van der Waals surface area (Å²) in [7, 11) is -3.58. The molecule has 0 aliphatic carbocycles. The van der Waals surface area contributed by atoms with Crippen LogP contribution >= 0.6 is 0 Å². The van der Waals surface area contributed by atoms with Gasteiger partial charge in [-0.3, -0.25) is 0 Å². The van der Waals surface area contributed by atoms with Crippen LogP contribution in [0.1, 0.15) is 18.9 Å². The number of sulfone groups is 1. The largest absolute Gasteiger partial charge is 0.390 e. The van der Waals surface area contributed by atoms with E-state index in [-0.39, 0.29) is 17.2 Å². The SMILES string of the molecule is CC(CC(F)(F)F)NCCS(=O)(=O)c1ccc(C#N)cc1. The molecule has 4 nitrogen and oxygen atoms in total. The lowest BCUT2D eigenvalue weighted by atomic mass is 10.2. The number of hydrogen-bond acceptors (Lipinski definition) is 4. The first-order chi connectivity index (χ1) is 9.64. The molecule has 1 unspecified atom stereocenters. The van der Waals surface area contributed by atoms with Crippen molar-refractivity contribution in [3.63, 3.8) is 0 Å². The zero-order chi connectivity index (χ0) is 16.1. The van der Waals surface area contributed by atoms with Gasteiger partial charge in [-0.05, 0) is 31.2 Å². The molecule has 1 N–H and O–H groups in total. The van der Waals surface area contributed by atoms with Gasteiger partial charge in [0.05, 0.1) is 28.7 Å². The number of halogens is 3. The van der Waals surface area contributed by atoms with Crippen LogP contribution in [0.25, 0.3) is 0 Å². The fourth-order valence-corrected chi connectivity index (χ4v) is 2.89. The van der Waals surface area contributed by atoms with E-state index in [2.05, 4.69) is 5.32 Å². The van der Waals surface area contributed by atoms with Gasteiger partial charge in [0.15, 0.2) is 9.84 Å². The van der Waals surface area contributed by atoms with Crippen molar-refractivity contribution in [2.24, 2.45) is 0 Å². The highest BCUT2D eigenvalue weighted by molar-refractivity contribution is 7.91. The van der Waals surface area contributed by atoms with Crippen LogP contribution in [0.5, 0.6) is 0 Å². The van der Waals surface area contributed by atoms with Crippen molar-refractivity contribution >= 4 is 9.84 Å². The van der Waals surface area contributed by atoms with E-state index in [1.807, 2.05) is 6.07 Å². The Bertz CT molecular complexity index is 604. The predicted molar refractivity (Wildman–Crippen MR) is 71.3 cm³/mol. The maximum atomic E-state index is 12.1. The van der Waals surface area contributed by atoms with Crippen molar-refractivity contribution < 1.29 is 21.6 Å². The van der Waals surface area contributed by atoms with E-state index in [0.717, 1.165) is 0 Å². The van der Waals surface area contributed by atoms with Gasteiger partial charge in [0.2, 0.25) is 0 Å². The van der Waals surface area contributed by atoms with Crippen molar-refractivity contribution in [1.29, 1.82) is 5.26 Å². The Kier molecular flexibility index (Phi) is 5.75. The highest BCUT2D eigenvalue weighted by atomic mass is 32.2. The molecule has 0 amide bonds. The lowest BCUT2D eigenvalue weighted by Gasteiger charge is -2.15. The van der Waals surface area contributed by atoms with Crippen molar-refractivity contribution in [1.82, 2.24) is 5.32 Å². The molecule has 1 rings (SSSR count). The van der Waals surface area contributed by atoms with Gasteiger partial charge in [0.1, 0.15) is 0 Å². The average molecular weight is 320 g/mol. The topological polar surface area (TPSA) is 70.0 Å². The molecule has 0 aliphatic rings. The van der Waals surface area contributed by atoms with E-state index in [1.165, 1.54) is 31.2 Å². The predicted octanol–water partition coefficient (Wildman–Crippen LogP) is 2.26. The average Bonchev–Trinajstić information content (AvgIpc) is 2.36. The minimum atomic E-state index is -4.28. The number of benzene rings is 1. The Morgan fingerprint density at radius 2 is 1.86 bits per heavy atom. The Balaban J connectivity index is 2.55. The summed E-state index contributed by atoms with van der Waals surface area (Å²) < 4.78 is 60.3. The van der Waals surface area contributed by atoms with E-state index < -0.39 is 28.5 Å². The number of nitrogens with one attached hydrogen (secondary N) is 1. The minimum Gasteiger partial charge on any atom is -0.313 e. The van der Waals surface area contributed by atoms with Crippen LogP contribution in [0, 0.1) is 11.3 Å². The Hall–Kier alpha value is -1.59. The zero-order valence-corrected chi connectivity index (χ0v) is 12.1. The Morgan fingerprint density at radius 1 is 1.29 bits per heavy atom. The van der Waals surface area contributed by atoms with Crippen LogP contribution in [0.3, 0.4) is 0 Å². The fourth-order valence-electron chi connectivity index (χ4n) is 1.71. The molecule has 0 saturated heterocycles. The smallest absolute Gasteiger partial charge is 0.313 e. The molecule has 116 valence electrons. The lowest BCUT2D eigenvalue weighted by Crippen LogP contribution is -2.34. The second-order valence-electron chi connectivity index (χ2n) is 4.63. The number of nitrogens with zero attached hydrogens (tertiary/aromatic N) is 1. The highest BCUT2D eigenvalue weighted by Gasteiger charge is 2.29. The number of alkyl halides is 3. The third-order valence-electron chi connectivity index (χ3n) is 2.74. The summed E-state index contributed by atoms with van der Waals surface area (Å²) >= 11 is 0. The van der Waals surface area contributed by atoms with Crippen LogP contribution in [0.15, 0.2) is 29.2 Å². The monoisotopic (exact) mass is 320 g/mol. The molecule has 0 aromatic heterocycles. The molecule has 0 radical (unpaired) electrons. The number of rotatable bonds is 6. The van der Waals surface area contributed by atoms with Gasteiger partial charge in [-0.1, -0.05) is 0 Å². The normalized spacial score (nSPS) is 13.7. The second-order valence-corrected chi connectivity index (χ2v) is 6.74. The molecule has 1 aromatic rings. The Morgan fingerprint density at radius 3 is 2.33 bits per heavy atom. The quantitative estimate of drug-likeness (QED) is 0.873. The number of nitriles is 1. The summed E-state index contributed by atoms with van der Waals surface area (Å²) in [5.41, 5.74) is 0.339. The molecule has 1 atom stereocenters. The summed E-state index contributed by atoms with van der Waals surface area (Å²) in [6.07, 6.45) is -5.29. The maximum Gasteiger partial charge on any atom is 0.390 e. The highest BCUT2D eigenvalue weighted by Crippen LogP contribution is 2.21. The molecule has 0 aliphatic heterocycles. The molecular formula is C13H15F3N2O2S. The summed E-state index contributed by atoms with van der Waals surface area (Å²) in [4.78, 5) is 0.0479. The first-order valence-corrected chi connectivity index (χ1v) is 7.82. The van der Waals surface area contributed by atoms with Crippen LogP contribution in [-0.2, 0) is 9.84 Å².